The minimum atomic E-state index is -0.299. The van der Waals surface area contributed by atoms with Gasteiger partial charge in [-0.25, -0.2) is 0 Å². The summed E-state index contributed by atoms with van der Waals surface area (Å²) in [5.41, 5.74) is 6.19. The van der Waals surface area contributed by atoms with Crippen molar-refractivity contribution in [3.05, 3.63) is 17.5 Å². The third kappa shape index (κ3) is 2.40. The van der Waals surface area contributed by atoms with Crippen molar-refractivity contribution < 1.29 is 9.32 Å². The van der Waals surface area contributed by atoms with Gasteiger partial charge >= 0.3 is 0 Å². The lowest BCUT2D eigenvalue weighted by molar-refractivity contribution is -0.124. The number of carbonyl (C=O) groups is 1. The van der Waals surface area contributed by atoms with Crippen molar-refractivity contribution in [1.29, 1.82) is 0 Å². The molecule has 2 heterocycles. The lowest BCUT2D eigenvalue weighted by atomic mass is 10.1. The maximum Gasteiger partial charge on any atom is 0.236 e. The standard InChI is InChI=1S/C10H16N4O2/c1-7-4-8(13-16-7)6-14-3-2-12-5-9(14)10(11)15/h4,9,12H,2-3,5-6H2,1H3,(H2,11,15). The van der Waals surface area contributed by atoms with Crippen LogP contribution < -0.4 is 11.1 Å². The van der Waals surface area contributed by atoms with Gasteiger partial charge in [0, 0.05) is 32.2 Å². The lowest BCUT2D eigenvalue weighted by Crippen LogP contribution is -2.56. The van der Waals surface area contributed by atoms with Gasteiger partial charge in [-0.2, -0.15) is 0 Å². The van der Waals surface area contributed by atoms with Gasteiger partial charge in [-0.3, -0.25) is 9.69 Å². The smallest absolute Gasteiger partial charge is 0.236 e. The van der Waals surface area contributed by atoms with E-state index in [1.165, 1.54) is 0 Å². The van der Waals surface area contributed by atoms with Crippen LogP contribution in [0.1, 0.15) is 11.5 Å². The van der Waals surface area contributed by atoms with E-state index in [9.17, 15) is 4.79 Å². The number of carbonyl (C=O) groups excluding carboxylic acids is 1. The van der Waals surface area contributed by atoms with Gasteiger partial charge in [-0.1, -0.05) is 5.16 Å². The molecular formula is C10H16N4O2. The molecule has 1 saturated heterocycles. The Morgan fingerprint density at radius 1 is 1.81 bits per heavy atom. The third-order valence-corrected chi connectivity index (χ3v) is 2.72. The maximum absolute atomic E-state index is 11.3. The minimum Gasteiger partial charge on any atom is -0.368 e. The summed E-state index contributed by atoms with van der Waals surface area (Å²) in [6, 6.07) is 1.62. The summed E-state index contributed by atoms with van der Waals surface area (Å²) in [6.45, 7) is 4.71. The molecule has 1 fully saturated rings. The second-order valence-electron chi connectivity index (χ2n) is 4.02. The van der Waals surface area contributed by atoms with Crippen LogP contribution in [-0.4, -0.2) is 41.6 Å². The molecule has 0 saturated carbocycles. The van der Waals surface area contributed by atoms with Crippen molar-refractivity contribution in [2.24, 2.45) is 5.73 Å². The molecule has 1 aliphatic heterocycles. The van der Waals surface area contributed by atoms with Crippen LogP contribution in [0.5, 0.6) is 0 Å². The van der Waals surface area contributed by atoms with Crippen molar-refractivity contribution in [1.82, 2.24) is 15.4 Å². The van der Waals surface area contributed by atoms with Crippen LogP contribution in [0.3, 0.4) is 0 Å². The van der Waals surface area contributed by atoms with Crippen molar-refractivity contribution >= 4 is 5.91 Å². The van der Waals surface area contributed by atoms with Crippen LogP contribution in [-0.2, 0) is 11.3 Å². The first-order chi connectivity index (χ1) is 7.66. The molecule has 2 rings (SSSR count). The molecular weight excluding hydrogens is 208 g/mol. The van der Waals surface area contributed by atoms with Crippen LogP contribution in [0.25, 0.3) is 0 Å². The van der Waals surface area contributed by atoms with Crippen molar-refractivity contribution in [3.63, 3.8) is 0 Å². The number of primary amides is 1. The highest BCUT2D eigenvalue weighted by Gasteiger charge is 2.27. The zero-order valence-corrected chi connectivity index (χ0v) is 9.27. The predicted molar refractivity (Wildman–Crippen MR) is 57.5 cm³/mol. The molecule has 1 aromatic rings. The van der Waals surface area contributed by atoms with E-state index in [2.05, 4.69) is 10.5 Å². The molecule has 0 spiro atoms. The summed E-state index contributed by atoms with van der Waals surface area (Å²) in [5, 5.41) is 7.07. The molecule has 1 aromatic heterocycles. The van der Waals surface area contributed by atoms with Gasteiger partial charge in [-0.15, -0.1) is 0 Å². The largest absolute Gasteiger partial charge is 0.368 e. The number of nitrogens with one attached hydrogen (secondary N) is 1. The van der Waals surface area contributed by atoms with Crippen LogP contribution in [0.15, 0.2) is 10.6 Å². The predicted octanol–water partition coefficient (Wildman–Crippen LogP) is -0.758. The van der Waals surface area contributed by atoms with Gasteiger partial charge in [0.1, 0.15) is 11.8 Å². The second kappa shape index (κ2) is 4.63. The fourth-order valence-corrected chi connectivity index (χ4v) is 1.92. The van der Waals surface area contributed by atoms with Crippen molar-refractivity contribution in [2.75, 3.05) is 19.6 Å². The molecule has 1 atom stereocenters. The topological polar surface area (TPSA) is 84.4 Å². The summed E-state index contributed by atoms with van der Waals surface area (Å²) in [5.74, 6) is 0.480. The van der Waals surface area contributed by atoms with Crippen molar-refractivity contribution in [2.45, 2.75) is 19.5 Å². The highest BCUT2D eigenvalue weighted by molar-refractivity contribution is 5.80. The molecule has 1 unspecified atom stereocenters. The summed E-state index contributed by atoms with van der Waals surface area (Å²) < 4.78 is 4.99. The number of nitrogens with two attached hydrogens (primary N) is 1. The van der Waals surface area contributed by atoms with Crippen LogP contribution in [0, 0.1) is 6.92 Å². The Morgan fingerprint density at radius 2 is 2.62 bits per heavy atom. The highest BCUT2D eigenvalue weighted by atomic mass is 16.5. The number of aromatic nitrogens is 1. The average molecular weight is 224 g/mol. The van der Waals surface area contributed by atoms with Gasteiger partial charge in [0.2, 0.25) is 5.91 Å². The molecule has 6 nitrogen and oxygen atoms in total. The molecule has 0 aliphatic carbocycles. The van der Waals surface area contributed by atoms with E-state index in [-0.39, 0.29) is 11.9 Å². The quantitative estimate of drug-likeness (QED) is 0.705. The first-order valence-electron chi connectivity index (χ1n) is 5.33. The SMILES string of the molecule is Cc1cc(CN2CCNCC2C(N)=O)no1. The summed E-state index contributed by atoms with van der Waals surface area (Å²) in [4.78, 5) is 13.3. The fraction of sp³-hybridized carbons (Fsp3) is 0.600. The molecule has 0 aromatic carbocycles. The van der Waals surface area contributed by atoms with E-state index in [0.29, 0.717) is 13.1 Å². The van der Waals surface area contributed by atoms with Crippen LogP contribution in [0.4, 0.5) is 0 Å². The third-order valence-electron chi connectivity index (χ3n) is 2.72. The number of hydrogen-bond donors (Lipinski definition) is 2. The lowest BCUT2D eigenvalue weighted by Gasteiger charge is -2.33. The van der Waals surface area contributed by atoms with Gasteiger partial charge in [0.15, 0.2) is 0 Å². The number of amides is 1. The Morgan fingerprint density at radius 3 is 3.25 bits per heavy atom. The number of hydrogen-bond acceptors (Lipinski definition) is 5. The second-order valence-corrected chi connectivity index (χ2v) is 4.02. The molecule has 0 bridgehead atoms. The fourth-order valence-electron chi connectivity index (χ4n) is 1.92. The first-order valence-corrected chi connectivity index (χ1v) is 5.33. The molecule has 1 aliphatic rings. The zero-order chi connectivity index (χ0) is 11.5. The van der Waals surface area contributed by atoms with E-state index in [1.807, 2.05) is 17.9 Å². The van der Waals surface area contributed by atoms with Gasteiger partial charge in [0.05, 0.1) is 5.69 Å². The minimum absolute atomic E-state index is 0.259. The first kappa shape index (κ1) is 11.1. The Bertz CT molecular complexity index is 377. The summed E-state index contributed by atoms with van der Waals surface area (Å²) in [6.07, 6.45) is 0. The number of rotatable bonds is 3. The zero-order valence-electron chi connectivity index (χ0n) is 9.27. The van der Waals surface area contributed by atoms with Gasteiger partial charge in [0.25, 0.3) is 0 Å². The Labute approximate surface area is 93.8 Å². The monoisotopic (exact) mass is 224 g/mol. The normalized spacial score (nSPS) is 22.2. The van der Waals surface area contributed by atoms with E-state index in [1.54, 1.807) is 0 Å². The van der Waals surface area contributed by atoms with E-state index in [0.717, 1.165) is 24.5 Å². The molecule has 1 amide bonds. The van der Waals surface area contributed by atoms with Crippen LogP contribution >= 0.6 is 0 Å². The van der Waals surface area contributed by atoms with Crippen LogP contribution in [0.2, 0.25) is 0 Å². The Kier molecular flexibility index (Phi) is 3.21. The van der Waals surface area contributed by atoms with E-state index >= 15 is 0 Å². The highest BCUT2D eigenvalue weighted by Crippen LogP contribution is 2.10. The molecule has 88 valence electrons. The van der Waals surface area contributed by atoms with E-state index in [4.69, 9.17) is 10.3 Å². The molecule has 0 radical (unpaired) electrons. The molecule has 6 heteroatoms. The summed E-state index contributed by atoms with van der Waals surface area (Å²) in [7, 11) is 0. The number of nitrogens with zero attached hydrogens (tertiary/aromatic N) is 2. The van der Waals surface area contributed by atoms with Gasteiger partial charge < -0.3 is 15.6 Å². The van der Waals surface area contributed by atoms with Gasteiger partial charge in [-0.05, 0) is 6.92 Å². The number of aryl methyl sites for hydroxylation is 1. The van der Waals surface area contributed by atoms with E-state index < -0.39 is 0 Å². The molecule has 16 heavy (non-hydrogen) atoms. The summed E-state index contributed by atoms with van der Waals surface area (Å²) >= 11 is 0. The Hall–Kier alpha value is -1.40. The maximum atomic E-state index is 11.3. The van der Waals surface area contributed by atoms with Crippen molar-refractivity contribution in [3.8, 4) is 0 Å². The number of piperazine rings is 1. The Balaban J connectivity index is 2.03. The molecule has 3 N–H and O–H groups in total. The average Bonchev–Trinajstić information content (AvgIpc) is 2.64.